The summed E-state index contributed by atoms with van der Waals surface area (Å²) in [5.74, 6) is 1.36. The highest BCUT2D eigenvalue weighted by Crippen LogP contribution is 2.37. The maximum Gasteiger partial charge on any atom is 0.416 e. The molecule has 0 aliphatic rings. The van der Waals surface area contributed by atoms with Crippen LogP contribution in [0.1, 0.15) is 31.2 Å². The molecule has 5 rings (SSSR count). The normalized spacial score (nSPS) is 12.8. The fourth-order valence-corrected chi connectivity index (χ4v) is 4.44. The van der Waals surface area contributed by atoms with Crippen molar-refractivity contribution < 1.29 is 18.3 Å². The van der Waals surface area contributed by atoms with Crippen molar-refractivity contribution in [3.8, 4) is 11.3 Å². The molecule has 7 nitrogen and oxygen atoms in total. The Morgan fingerprint density at radius 3 is 2.46 bits per heavy atom. The van der Waals surface area contributed by atoms with Gasteiger partial charge in [-0.15, -0.1) is 0 Å². The third-order valence-electron chi connectivity index (χ3n) is 6.09. The van der Waals surface area contributed by atoms with Crippen molar-refractivity contribution in [1.29, 1.82) is 0 Å². The Kier molecular flexibility index (Phi) is 6.12. The number of aromatic nitrogens is 3. The Morgan fingerprint density at radius 1 is 0.973 bits per heavy atom. The van der Waals surface area contributed by atoms with Crippen LogP contribution in [0.3, 0.4) is 0 Å². The second-order valence-corrected chi connectivity index (χ2v) is 8.98. The van der Waals surface area contributed by atoms with Gasteiger partial charge < -0.3 is 21.5 Å². The lowest BCUT2D eigenvalue weighted by molar-refractivity contribution is -0.137. The second-order valence-electron chi connectivity index (χ2n) is 8.98. The number of aliphatic hydroxyl groups excluding tert-OH is 1. The fourth-order valence-electron chi connectivity index (χ4n) is 4.44. The number of alkyl halides is 3. The number of nitrogens with two attached hydrogens (primary N) is 1. The van der Waals surface area contributed by atoms with Gasteiger partial charge in [-0.2, -0.15) is 13.2 Å². The van der Waals surface area contributed by atoms with E-state index in [0.717, 1.165) is 34.3 Å². The standard InChI is InChI=1S/C27H25F3N6O/c1-15(2)25-35-22(23-24(31)32-12-13-36(23)25)20-10-11-21(19-9-4-3-8-18(19)20)34-26(37)33-17-7-5-6-16(14-17)27(28,29)30/h3-15,26,33-34,37H,1-2H3,(H2,31,32). The Hall–Kier alpha value is -4.31. The third kappa shape index (κ3) is 4.63. The van der Waals surface area contributed by atoms with Crippen molar-refractivity contribution in [2.45, 2.75) is 32.3 Å². The Morgan fingerprint density at radius 2 is 1.73 bits per heavy atom. The van der Waals surface area contributed by atoms with Gasteiger partial charge in [0.25, 0.3) is 0 Å². The van der Waals surface area contributed by atoms with Gasteiger partial charge in [-0.05, 0) is 29.7 Å². The minimum atomic E-state index is -4.48. The molecule has 37 heavy (non-hydrogen) atoms. The van der Waals surface area contributed by atoms with E-state index in [2.05, 4.69) is 29.5 Å². The van der Waals surface area contributed by atoms with E-state index in [1.54, 1.807) is 12.3 Å². The second kappa shape index (κ2) is 9.29. The molecule has 0 saturated carbocycles. The first-order valence-corrected chi connectivity index (χ1v) is 11.7. The van der Waals surface area contributed by atoms with E-state index >= 15 is 0 Å². The highest BCUT2D eigenvalue weighted by atomic mass is 19.4. The van der Waals surface area contributed by atoms with Crippen LogP contribution in [0.15, 0.2) is 73.1 Å². The van der Waals surface area contributed by atoms with Crippen LogP contribution in [0.4, 0.5) is 30.4 Å². The van der Waals surface area contributed by atoms with Crippen molar-refractivity contribution in [3.63, 3.8) is 0 Å². The summed E-state index contributed by atoms with van der Waals surface area (Å²) in [7, 11) is 0. The van der Waals surface area contributed by atoms with Crippen molar-refractivity contribution in [3.05, 3.63) is 84.4 Å². The van der Waals surface area contributed by atoms with Crippen LogP contribution < -0.4 is 16.4 Å². The summed E-state index contributed by atoms with van der Waals surface area (Å²) in [5.41, 5.74) is 8.42. The Labute approximate surface area is 210 Å². The summed E-state index contributed by atoms with van der Waals surface area (Å²) >= 11 is 0. The number of fused-ring (bicyclic) bond motifs is 2. The number of benzene rings is 3. The summed E-state index contributed by atoms with van der Waals surface area (Å²) in [5, 5.41) is 17.9. The average molecular weight is 507 g/mol. The smallest absolute Gasteiger partial charge is 0.382 e. The zero-order chi connectivity index (χ0) is 26.3. The largest absolute Gasteiger partial charge is 0.416 e. The maximum atomic E-state index is 13.0. The Bertz CT molecular complexity index is 1590. The van der Waals surface area contributed by atoms with Crippen molar-refractivity contribution in [2.75, 3.05) is 16.4 Å². The quantitative estimate of drug-likeness (QED) is 0.209. The summed E-state index contributed by atoms with van der Waals surface area (Å²) in [4.78, 5) is 9.17. The molecule has 0 saturated heterocycles. The topological polar surface area (TPSA) is 100 Å². The first-order valence-electron chi connectivity index (χ1n) is 11.7. The van der Waals surface area contributed by atoms with Crippen LogP contribution in [0.25, 0.3) is 27.5 Å². The highest BCUT2D eigenvalue weighted by molar-refractivity contribution is 6.06. The molecule has 190 valence electrons. The predicted molar refractivity (Wildman–Crippen MR) is 139 cm³/mol. The molecule has 5 N–H and O–H groups in total. The third-order valence-corrected chi connectivity index (χ3v) is 6.09. The van der Waals surface area contributed by atoms with Crippen LogP contribution in [-0.2, 0) is 6.18 Å². The molecule has 3 aromatic carbocycles. The molecule has 2 aromatic heterocycles. The van der Waals surface area contributed by atoms with E-state index in [9.17, 15) is 18.3 Å². The van der Waals surface area contributed by atoms with Crippen LogP contribution >= 0.6 is 0 Å². The molecule has 1 atom stereocenters. The first kappa shape index (κ1) is 24.4. The van der Waals surface area contributed by atoms with Crippen molar-refractivity contribution in [1.82, 2.24) is 14.4 Å². The van der Waals surface area contributed by atoms with E-state index in [-0.39, 0.29) is 11.6 Å². The number of anilines is 3. The van der Waals surface area contributed by atoms with Crippen molar-refractivity contribution in [2.24, 2.45) is 0 Å². The Balaban J connectivity index is 1.52. The lowest BCUT2D eigenvalue weighted by atomic mass is 10.00. The molecule has 1 unspecified atom stereocenters. The number of nitrogens with zero attached hydrogens (tertiary/aromatic N) is 3. The highest BCUT2D eigenvalue weighted by Gasteiger charge is 2.30. The summed E-state index contributed by atoms with van der Waals surface area (Å²) < 4.78 is 41.1. The van der Waals surface area contributed by atoms with Gasteiger partial charge in [0.2, 0.25) is 6.35 Å². The van der Waals surface area contributed by atoms with Gasteiger partial charge in [0.05, 0.1) is 5.56 Å². The first-order chi connectivity index (χ1) is 17.6. The molecule has 0 amide bonds. The molecule has 0 radical (unpaired) electrons. The number of hydrogen-bond acceptors (Lipinski definition) is 6. The number of imidazole rings is 1. The lowest BCUT2D eigenvalue weighted by Crippen LogP contribution is -2.28. The maximum absolute atomic E-state index is 13.0. The van der Waals surface area contributed by atoms with Crippen LogP contribution in [0, 0.1) is 0 Å². The number of nitrogens with one attached hydrogen (secondary N) is 2. The molecule has 2 heterocycles. The minimum absolute atomic E-state index is 0.129. The molecule has 0 aliphatic heterocycles. The summed E-state index contributed by atoms with van der Waals surface area (Å²) in [6.07, 6.45) is -2.35. The van der Waals surface area contributed by atoms with Crippen LogP contribution in [0.5, 0.6) is 0 Å². The fraction of sp³-hybridized carbons (Fsp3) is 0.185. The number of halogens is 3. The summed E-state index contributed by atoms with van der Waals surface area (Å²) in [6.45, 7) is 4.11. The molecule has 0 spiro atoms. The average Bonchev–Trinajstić information content (AvgIpc) is 3.25. The van der Waals surface area contributed by atoms with Crippen LogP contribution in [0.2, 0.25) is 0 Å². The monoisotopic (exact) mass is 506 g/mol. The van der Waals surface area contributed by atoms with Gasteiger partial charge in [-0.3, -0.25) is 4.40 Å². The molecular weight excluding hydrogens is 481 g/mol. The van der Waals surface area contributed by atoms with E-state index in [4.69, 9.17) is 10.7 Å². The number of nitrogen functional groups attached to an aromatic ring is 1. The van der Waals surface area contributed by atoms with Gasteiger partial charge in [-0.1, -0.05) is 50.2 Å². The molecule has 0 aliphatic carbocycles. The van der Waals surface area contributed by atoms with Crippen molar-refractivity contribution >= 4 is 33.5 Å². The predicted octanol–water partition coefficient (Wildman–Crippen LogP) is 6.07. The molecule has 5 aromatic rings. The van der Waals surface area contributed by atoms with Gasteiger partial charge in [0.1, 0.15) is 22.9 Å². The van der Waals surface area contributed by atoms with Gasteiger partial charge in [-0.25, -0.2) is 9.97 Å². The minimum Gasteiger partial charge on any atom is -0.382 e. The zero-order valence-corrected chi connectivity index (χ0v) is 20.1. The SMILES string of the molecule is CC(C)c1nc(-c2ccc(NC(O)Nc3cccc(C(F)(F)F)c3)c3ccccc23)c2c(N)nccn12. The molecule has 10 heteroatoms. The van der Waals surface area contributed by atoms with Gasteiger partial charge >= 0.3 is 6.18 Å². The van der Waals surface area contributed by atoms with E-state index in [1.807, 2.05) is 40.9 Å². The zero-order valence-electron chi connectivity index (χ0n) is 20.1. The van der Waals surface area contributed by atoms with Gasteiger partial charge in [0.15, 0.2) is 0 Å². The van der Waals surface area contributed by atoms with Crippen LogP contribution in [-0.4, -0.2) is 25.8 Å². The lowest BCUT2D eigenvalue weighted by Gasteiger charge is -2.20. The van der Waals surface area contributed by atoms with E-state index < -0.39 is 18.1 Å². The number of rotatable bonds is 6. The number of hydrogen-bond donors (Lipinski definition) is 4. The molecule has 0 bridgehead atoms. The number of aliphatic hydroxyl groups is 1. The molecule has 0 fully saturated rings. The van der Waals surface area contributed by atoms with E-state index in [1.165, 1.54) is 12.1 Å². The molecular formula is C27H25F3N6O. The summed E-state index contributed by atoms with van der Waals surface area (Å²) in [6, 6.07) is 15.9. The van der Waals surface area contributed by atoms with E-state index in [0.29, 0.717) is 22.7 Å². The van der Waals surface area contributed by atoms with Gasteiger partial charge in [0, 0.05) is 40.6 Å².